The van der Waals surface area contributed by atoms with E-state index < -0.39 is 10.9 Å². The molecule has 0 atom stereocenters. The van der Waals surface area contributed by atoms with E-state index in [0.717, 1.165) is 0 Å². The molecule has 0 unspecified atom stereocenters. The molecule has 0 spiro atoms. The summed E-state index contributed by atoms with van der Waals surface area (Å²) in [6, 6.07) is 5.02. The first kappa shape index (κ1) is 17.3. The monoisotopic (exact) mass is 328 g/mol. The first-order chi connectivity index (χ1) is 11.3. The minimum atomic E-state index is -0.733. The molecule has 0 aliphatic heterocycles. The Morgan fingerprint density at radius 3 is 2.38 bits per heavy atom. The number of allylic oxidation sites excluding steroid dienone is 4. The third-order valence-electron chi connectivity index (χ3n) is 3.49. The Hall–Kier alpha value is -3.09. The Bertz CT molecular complexity index is 786. The van der Waals surface area contributed by atoms with Crippen molar-refractivity contribution >= 4 is 23.2 Å². The van der Waals surface area contributed by atoms with Gasteiger partial charge in [-0.05, 0) is 48.3 Å². The number of ketones is 1. The predicted octanol–water partition coefficient (Wildman–Crippen LogP) is 3.22. The van der Waals surface area contributed by atoms with Gasteiger partial charge >= 0.3 is 5.97 Å². The molecule has 0 bridgehead atoms. The topological polar surface area (TPSA) is 98.9 Å². The molecule has 0 heterocycles. The molecule has 1 aromatic rings. The maximum absolute atomic E-state index is 12.0. The van der Waals surface area contributed by atoms with Crippen LogP contribution >= 0.6 is 0 Å². The summed E-state index contributed by atoms with van der Waals surface area (Å²) in [7, 11) is 0. The first-order valence-corrected chi connectivity index (χ1v) is 7.28. The number of carbonyl (C=O) groups is 2. The van der Waals surface area contributed by atoms with Gasteiger partial charge < -0.3 is 4.84 Å². The summed E-state index contributed by atoms with van der Waals surface area (Å²) in [6.07, 6.45) is 3.05. The molecule has 0 saturated carbocycles. The lowest BCUT2D eigenvalue weighted by Gasteiger charge is -2.15. The minimum Gasteiger partial charge on any atom is -0.312 e. The van der Waals surface area contributed by atoms with Crippen LogP contribution in [0.1, 0.15) is 31.1 Å². The molecule has 1 aliphatic rings. The van der Waals surface area contributed by atoms with Crippen molar-refractivity contribution in [2.24, 2.45) is 11.1 Å². The van der Waals surface area contributed by atoms with Crippen LogP contribution in [0.4, 0.5) is 5.69 Å². The molecule has 0 amide bonds. The number of hydrogen-bond donors (Lipinski definition) is 0. The summed E-state index contributed by atoms with van der Waals surface area (Å²) in [5, 5.41) is 14.4. The number of hydrogen-bond acceptors (Lipinski definition) is 6. The van der Waals surface area contributed by atoms with Gasteiger partial charge in [0.25, 0.3) is 5.69 Å². The lowest BCUT2D eigenvalue weighted by Crippen LogP contribution is -2.16. The summed E-state index contributed by atoms with van der Waals surface area (Å²) in [5.41, 5.74) is 1.63. The van der Waals surface area contributed by atoms with Crippen molar-refractivity contribution in [3.63, 3.8) is 0 Å². The van der Waals surface area contributed by atoms with E-state index in [0.29, 0.717) is 16.9 Å². The van der Waals surface area contributed by atoms with Crippen LogP contribution in [0.15, 0.2) is 52.7 Å². The predicted molar refractivity (Wildman–Crippen MR) is 87.6 cm³/mol. The van der Waals surface area contributed by atoms with Crippen LogP contribution in [0.3, 0.4) is 0 Å². The highest BCUT2D eigenvalue weighted by molar-refractivity contribution is 6.21. The zero-order valence-corrected chi connectivity index (χ0v) is 13.5. The van der Waals surface area contributed by atoms with Gasteiger partial charge in [0.05, 0.1) is 10.5 Å². The van der Waals surface area contributed by atoms with Crippen LogP contribution < -0.4 is 0 Å². The molecule has 7 nitrogen and oxygen atoms in total. The fourth-order valence-electron chi connectivity index (χ4n) is 2.09. The molecule has 24 heavy (non-hydrogen) atoms. The van der Waals surface area contributed by atoms with E-state index in [1.54, 1.807) is 13.0 Å². The number of nitrogens with zero attached hydrogens (tertiary/aromatic N) is 2. The molecular weight excluding hydrogens is 312 g/mol. The molecule has 2 rings (SSSR count). The van der Waals surface area contributed by atoms with Crippen LogP contribution in [0.2, 0.25) is 0 Å². The maximum atomic E-state index is 12.0. The van der Waals surface area contributed by atoms with Crippen molar-refractivity contribution in [1.29, 1.82) is 0 Å². The van der Waals surface area contributed by atoms with E-state index in [9.17, 15) is 19.7 Å². The zero-order valence-electron chi connectivity index (χ0n) is 13.5. The number of nitro benzene ring substituents is 1. The quantitative estimate of drug-likeness (QED) is 0.366. The van der Waals surface area contributed by atoms with Gasteiger partial charge in [-0.1, -0.05) is 19.0 Å². The molecule has 0 saturated heterocycles. The van der Waals surface area contributed by atoms with Gasteiger partial charge in [0.1, 0.15) is 5.71 Å². The molecule has 1 aromatic carbocycles. The number of nitro groups is 1. The SMILES string of the molecule is CC1=CC(=NOC(=O)c2ccc([N+](=O)[O-])cc2)C(C(C)C)=CC1=O. The molecular formula is C17H16N2O5. The van der Waals surface area contributed by atoms with Gasteiger partial charge in [-0.15, -0.1) is 0 Å². The van der Waals surface area contributed by atoms with Crippen LogP contribution in [-0.2, 0) is 9.63 Å². The minimum absolute atomic E-state index is 0.0372. The molecule has 7 heteroatoms. The van der Waals surface area contributed by atoms with Crippen LogP contribution in [-0.4, -0.2) is 22.4 Å². The Morgan fingerprint density at radius 2 is 1.83 bits per heavy atom. The molecule has 0 aromatic heterocycles. The fourth-order valence-corrected chi connectivity index (χ4v) is 2.09. The standard InChI is InChI=1S/C17H16N2O5/c1-10(2)14-9-16(20)11(3)8-15(14)18-24-17(21)12-4-6-13(7-5-12)19(22)23/h4-10H,1-3H3. The summed E-state index contributed by atoms with van der Waals surface area (Å²) < 4.78 is 0. The third kappa shape index (κ3) is 3.81. The molecule has 0 fully saturated rings. The highest BCUT2D eigenvalue weighted by Gasteiger charge is 2.20. The highest BCUT2D eigenvalue weighted by Crippen LogP contribution is 2.20. The molecule has 0 N–H and O–H groups in total. The maximum Gasteiger partial charge on any atom is 0.365 e. The Kier molecular flexibility index (Phi) is 5.03. The van der Waals surface area contributed by atoms with Gasteiger partial charge in [0.15, 0.2) is 5.78 Å². The Balaban J connectivity index is 2.19. The van der Waals surface area contributed by atoms with E-state index in [4.69, 9.17) is 4.84 Å². The summed E-state index contributed by atoms with van der Waals surface area (Å²) in [5.74, 6) is -0.794. The number of non-ortho nitro benzene ring substituents is 1. The van der Waals surface area contributed by atoms with Gasteiger partial charge in [-0.25, -0.2) is 4.79 Å². The van der Waals surface area contributed by atoms with Crippen molar-refractivity contribution in [3.8, 4) is 0 Å². The second kappa shape index (κ2) is 6.99. The van der Waals surface area contributed by atoms with E-state index in [1.807, 2.05) is 13.8 Å². The van der Waals surface area contributed by atoms with Crippen molar-refractivity contribution < 1.29 is 19.3 Å². The average molecular weight is 328 g/mol. The van der Waals surface area contributed by atoms with E-state index in [1.165, 1.54) is 30.3 Å². The van der Waals surface area contributed by atoms with Crippen LogP contribution in [0.5, 0.6) is 0 Å². The second-order valence-corrected chi connectivity index (χ2v) is 5.61. The number of oxime groups is 1. The molecule has 1 aliphatic carbocycles. The van der Waals surface area contributed by atoms with E-state index in [2.05, 4.69) is 5.16 Å². The molecule has 124 valence electrons. The van der Waals surface area contributed by atoms with Gasteiger partial charge in [0.2, 0.25) is 0 Å². The van der Waals surface area contributed by atoms with Crippen molar-refractivity contribution in [3.05, 3.63) is 63.2 Å². The largest absolute Gasteiger partial charge is 0.365 e. The number of benzene rings is 1. The van der Waals surface area contributed by atoms with Gasteiger partial charge in [-0.3, -0.25) is 14.9 Å². The van der Waals surface area contributed by atoms with Crippen LogP contribution in [0.25, 0.3) is 0 Å². The summed E-state index contributed by atoms with van der Waals surface area (Å²) >= 11 is 0. The number of rotatable bonds is 4. The molecule has 0 radical (unpaired) electrons. The smallest absolute Gasteiger partial charge is 0.312 e. The summed E-state index contributed by atoms with van der Waals surface area (Å²) in [4.78, 5) is 38.7. The highest BCUT2D eigenvalue weighted by atomic mass is 16.7. The van der Waals surface area contributed by atoms with Gasteiger partial charge in [0, 0.05) is 12.1 Å². The summed E-state index contributed by atoms with van der Waals surface area (Å²) in [6.45, 7) is 5.46. The van der Waals surface area contributed by atoms with Gasteiger partial charge in [-0.2, -0.15) is 0 Å². The lowest BCUT2D eigenvalue weighted by molar-refractivity contribution is -0.384. The second-order valence-electron chi connectivity index (χ2n) is 5.61. The lowest BCUT2D eigenvalue weighted by atomic mass is 9.90. The Morgan fingerprint density at radius 1 is 1.21 bits per heavy atom. The fraction of sp³-hybridized carbons (Fsp3) is 0.235. The van der Waals surface area contributed by atoms with Crippen molar-refractivity contribution in [2.45, 2.75) is 20.8 Å². The normalized spacial score (nSPS) is 16.0. The van der Waals surface area contributed by atoms with Crippen LogP contribution in [0, 0.1) is 16.0 Å². The Labute approximate surface area is 138 Å². The van der Waals surface area contributed by atoms with E-state index >= 15 is 0 Å². The zero-order chi connectivity index (χ0) is 17.9. The van der Waals surface area contributed by atoms with Crippen molar-refractivity contribution in [2.75, 3.05) is 0 Å². The first-order valence-electron chi connectivity index (χ1n) is 7.28. The third-order valence-corrected chi connectivity index (χ3v) is 3.49. The van der Waals surface area contributed by atoms with E-state index in [-0.39, 0.29) is 23.0 Å². The average Bonchev–Trinajstić information content (AvgIpc) is 2.55. The number of carbonyl (C=O) groups excluding carboxylic acids is 2. The van der Waals surface area contributed by atoms with Crippen molar-refractivity contribution in [1.82, 2.24) is 0 Å².